The summed E-state index contributed by atoms with van der Waals surface area (Å²) >= 11 is 0. The summed E-state index contributed by atoms with van der Waals surface area (Å²) in [6.45, 7) is 2.16. The molecule has 0 radical (unpaired) electrons. The van der Waals surface area contributed by atoms with E-state index in [0.717, 1.165) is 16.4 Å². The monoisotopic (exact) mass is 374 g/mol. The summed E-state index contributed by atoms with van der Waals surface area (Å²) in [4.78, 5) is -0.491. The first kappa shape index (κ1) is 20.0. The zero-order valence-electron chi connectivity index (χ0n) is 12.3. The van der Waals surface area contributed by atoms with Gasteiger partial charge in [0.2, 0.25) is 10.0 Å². The predicted octanol–water partition coefficient (Wildman–Crippen LogP) is 2.36. The lowest BCUT2D eigenvalue weighted by atomic mass is 9.96. The highest BCUT2D eigenvalue weighted by Crippen LogP contribution is 2.32. The van der Waals surface area contributed by atoms with Crippen molar-refractivity contribution >= 4 is 22.4 Å². The number of sulfonamides is 1. The molecule has 132 valence electrons. The first-order chi connectivity index (χ1) is 10.1. The second-order valence-corrected chi connectivity index (χ2v) is 7.19. The molecular weight excluding hydrogens is 357 g/mol. The Morgan fingerprint density at radius 1 is 1.30 bits per heavy atom. The smallest absolute Gasteiger partial charge is 0.404 e. The molecule has 2 N–H and O–H groups in total. The lowest BCUT2D eigenvalue weighted by molar-refractivity contribution is -0.275. The average Bonchev–Trinajstić information content (AvgIpc) is 2.40. The quantitative estimate of drug-likeness (QED) is 0.881. The fourth-order valence-corrected chi connectivity index (χ4v) is 4.02. The minimum Gasteiger partial charge on any atom is -0.404 e. The van der Waals surface area contributed by atoms with Crippen molar-refractivity contribution in [3.63, 3.8) is 0 Å². The van der Waals surface area contributed by atoms with Gasteiger partial charge in [0.15, 0.2) is 0 Å². The van der Waals surface area contributed by atoms with E-state index in [2.05, 4.69) is 4.74 Å². The SMILES string of the molecule is CC1CN(S(=O)(=O)c2ccccc2OC(F)(F)F)CCC1N.Cl. The fourth-order valence-electron chi connectivity index (χ4n) is 2.36. The Morgan fingerprint density at radius 2 is 1.91 bits per heavy atom. The number of nitrogens with two attached hydrogens (primary N) is 1. The van der Waals surface area contributed by atoms with Gasteiger partial charge in [-0.25, -0.2) is 8.42 Å². The maximum atomic E-state index is 12.6. The molecule has 2 unspecified atom stereocenters. The Morgan fingerprint density at radius 3 is 2.48 bits per heavy atom. The van der Waals surface area contributed by atoms with Crippen molar-refractivity contribution in [3.8, 4) is 5.75 Å². The molecule has 0 spiro atoms. The van der Waals surface area contributed by atoms with Gasteiger partial charge >= 0.3 is 6.36 Å². The summed E-state index contributed by atoms with van der Waals surface area (Å²) in [5, 5.41) is 0. The summed E-state index contributed by atoms with van der Waals surface area (Å²) in [7, 11) is -4.07. The van der Waals surface area contributed by atoms with Crippen LogP contribution in [0.3, 0.4) is 0 Å². The number of piperidine rings is 1. The van der Waals surface area contributed by atoms with Crippen LogP contribution in [0.1, 0.15) is 13.3 Å². The van der Waals surface area contributed by atoms with Crippen LogP contribution in [0.25, 0.3) is 0 Å². The van der Waals surface area contributed by atoms with Crippen LogP contribution in [0.15, 0.2) is 29.2 Å². The summed E-state index contributed by atoms with van der Waals surface area (Å²) < 4.78 is 67.4. The maximum absolute atomic E-state index is 12.6. The second-order valence-electron chi connectivity index (χ2n) is 5.29. The van der Waals surface area contributed by atoms with Gasteiger partial charge in [-0.1, -0.05) is 19.1 Å². The molecule has 0 aromatic heterocycles. The van der Waals surface area contributed by atoms with Gasteiger partial charge in [-0.05, 0) is 24.5 Å². The molecule has 2 atom stereocenters. The van der Waals surface area contributed by atoms with E-state index < -0.39 is 27.0 Å². The molecule has 1 aromatic rings. The molecular formula is C13H18ClF3N2O3S. The Balaban J connectivity index is 0.00000264. The van der Waals surface area contributed by atoms with E-state index in [4.69, 9.17) is 5.73 Å². The maximum Gasteiger partial charge on any atom is 0.573 e. The van der Waals surface area contributed by atoms with E-state index in [-0.39, 0.29) is 37.5 Å². The van der Waals surface area contributed by atoms with Crippen molar-refractivity contribution < 1.29 is 26.3 Å². The number of ether oxygens (including phenoxy) is 1. The van der Waals surface area contributed by atoms with Crippen molar-refractivity contribution in [3.05, 3.63) is 24.3 Å². The lowest BCUT2D eigenvalue weighted by Gasteiger charge is -2.34. The molecule has 2 rings (SSSR count). The van der Waals surface area contributed by atoms with Crippen molar-refractivity contribution in [2.24, 2.45) is 11.7 Å². The number of benzene rings is 1. The number of alkyl halides is 3. The van der Waals surface area contributed by atoms with Crippen molar-refractivity contribution in [2.45, 2.75) is 30.6 Å². The zero-order chi connectivity index (χ0) is 16.5. The van der Waals surface area contributed by atoms with Crippen LogP contribution in [-0.2, 0) is 10.0 Å². The standard InChI is InChI=1S/C13H17F3N2O3S.ClH/c1-9-8-18(7-6-10(9)17)22(19,20)12-5-3-2-4-11(12)21-13(14,15)16;/h2-5,9-10H,6-8,17H2,1H3;1H. The number of hydrogen-bond donors (Lipinski definition) is 1. The number of nitrogens with zero attached hydrogens (tertiary/aromatic N) is 1. The molecule has 1 saturated heterocycles. The topological polar surface area (TPSA) is 72.6 Å². The summed E-state index contributed by atoms with van der Waals surface area (Å²) in [6, 6.07) is 4.62. The molecule has 1 heterocycles. The van der Waals surface area contributed by atoms with Gasteiger partial charge in [0.25, 0.3) is 0 Å². The van der Waals surface area contributed by atoms with Crippen molar-refractivity contribution in [2.75, 3.05) is 13.1 Å². The third-order valence-corrected chi connectivity index (χ3v) is 5.53. The zero-order valence-corrected chi connectivity index (χ0v) is 13.9. The minimum atomic E-state index is -4.96. The lowest BCUT2D eigenvalue weighted by Crippen LogP contribution is -2.48. The number of halogens is 4. The van der Waals surface area contributed by atoms with Crippen LogP contribution >= 0.6 is 12.4 Å². The molecule has 23 heavy (non-hydrogen) atoms. The highest BCUT2D eigenvalue weighted by atomic mass is 35.5. The molecule has 0 saturated carbocycles. The van der Waals surface area contributed by atoms with Gasteiger partial charge in [-0.3, -0.25) is 0 Å². The third kappa shape index (κ3) is 4.72. The van der Waals surface area contributed by atoms with Gasteiger partial charge < -0.3 is 10.5 Å². The van der Waals surface area contributed by atoms with Crippen LogP contribution in [0.5, 0.6) is 5.75 Å². The summed E-state index contributed by atoms with van der Waals surface area (Å²) in [5.74, 6) is -0.795. The molecule has 0 amide bonds. The highest BCUT2D eigenvalue weighted by Gasteiger charge is 2.37. The van der Waals surface area contributed by atoms with E-state index in [1.54, 1.807) is 0 Å². The van der Waals surface area contributed by atoms with Crippen LogP contribution in [-0.4, -0.2) is 38.2 Å². The summed E-state index contributed by atoms with van der Waals surface area (Å²) in [5.41, 5.74) is 5.84. The van der Waals surface area contributed by atoms with Crippen LogP contribution in [0, 0.1) is 5.92 Å². The Kier molecular flexibility index (Phi) is 6.31. The van der Waals surface area contributed by atoms with Gasteiger partial charge in [-0.2, -0.15) is 4.31 Å². The Labute approximate surface area is 139 Å². The van der Waals surface area contributed by atoms with Crippen molar-refractivity contribution in [1.29, 1.82) is 0 Å². The highest BCUT2D eigenvalue weighted by molar-refractivity contribution is 7.89. The van der Waals surface area contributed by atoms with Gasteiger partial charge in [0.05, 0.1) is 0 Å². The van der Waals surface area contributed by atoms with Gasteiger partial charge in [0.1, 0.15) is 10.6 Å². The Bertz CT molecular complexity index is 640. The molecule has 0 bridgehead atoms. The number of rotatable bonds is 3. The average molecular weight is 375 g/mol. The van der Waals surface area contributed by atoms with Crippen LogP contribution < -0.4 is 10.5 Å². The summed E-state index contributed by atoms with van der Waals surface area (Å²) in [6.07, 6.45) is -4.49. The van der Waals surface area contributed by atoms with E-state index in [9.17, 15) is 21.6 Å². The first-order valence-electron chi connectivity index (χ1n) is 6.72. The van der Waals surface area contributed by atoms with E-state index in [1.807, 2.05) is 6.92 Å². The molecule has 1 aliphatic heterocycles. The molecule has 1 aliphatic rings. The largest absolute Gasteiger partial charge is 0.573 e. The van der Waals surface area contributed by atoms with E-state index >= 15 is 0 Å². The minimum absolute atomic E-state index is 0. The van der Waals surface area contributed by atoms with Gasteiger partial charge in [0, 0.05) is 19.1 Å². The fraction of sp³-hybridized carbons (Fsp3) is 0.538. The number of hydrogen-bond acceptors (Lipinski definition) is 4. The van der Waals surface area contributed by atoms with Gasteiger partial charge in [-0.15, -0.1) is 25.6 Å². The van der Waals surface area contributed by atoms with E-state index in [1.165, 1.54) is 12.1 Å². The number of para-hydroxylation sites is 1. The molecule has 0 aliphatic carbocycles. The Hall–Kier alpha value is -1.03. The van der Waals surface area contributed by atoms with E-state index in [0.29, 0.717) is 6.42 Å². The molecule has 1 fully saturated rings. The van der Waals surface area contributed by atoms with Crippen LogP contribution in [0.4, 0.5) is 13.2 Å². The second kappa shape index (κ2) is 7.25. The van der Waals surface area contributed by atoms with Crippen LogP contribution in [0.2, 0.25) is 0 Å². The third-order valence-electron chi connectivity index (χ3n) is 3.63. The normalized spacial score (nSPS) is 23.2. The molecule has 1 aromatic carbocycles. The predicted molar refractivity (Wildman–Crippen MR) is 80.9 cm³/mol. The molecule has 10 heteroatoms. The molecule has 5 nitrogen and oxygen atoms in total. The first-order valence-corrected chi connectivity index (χ1v) is 8.16. The van der Waals surface area contributed by atoms with Crippen molar-refractivity contribution in [1.82, 2.24) is 4.31 Å².